The lowest BCUT2D eigenvalue weighted by Gasteiger charge is -2.18. The SMILES string of the molecule is [2H]c1c([2H])c([2H])c2c(-c3ccc4c(c3)oc3cccc(-c5cccc6ccccc56)c34)c([2H])c([2H])c(Cc3c4ccccc4c(-c4ccccc4)c4ccccc34)c2c1[2H]. The van der Waals surface area contributed by atoms with Crippen molar-refractivity contribution in [1.82, 2.24) is 0 Å². The first-order chi connectivity index (χ1) is 29.3. The van der Waals surface area contributed by atoms with Crippen molar-refractivity contribution in [2.45, 2.75) is 6.42 Å². The van der Waals surface area contributed by atoms with E-state index in [1.807, 2.05) is 84.9 Å². The number of fused-ring (bicyclic) bond motifs is 7. The largest absolute Gasteiger partial charge is 0.456 e. The van der Waals surface area contributed by atoms with Crippen LogP contribution in [0.3, 0.4) is 0 Å². The van der Waals surface area contributed by atoms with Crippen LogP contribution in [-0.4, -0.2) is 0 Å². The predicted octanol–water partition coefficient (Wildman–Crippen LogP) is 14.8. The van der Waals surface area contributed by atoms with Crippen LogP contribution >= 0.6 is 0 Å². The van der Waals surface area contributed by atoms with Crippen molar-refractivity contribution in [1.29, 1.82) is 0 Å². The summed E-state index contributed by atoms with van der Waals surface area (Å²) in [6.45, 7) is 0. The fourth-order valence-electron chi connectivity index (χ4n) is 8.51. The maximum atomic E-state index is 9.68. The van der Waals surface area contributed by atoms with Gasteiger partial charge in [0.2, 0.25) is 0 Å². The molecule has 1 heteroatoms. The van der Waals surface area contributed by atoms with Gasteiger partial charge in [-0.05, 0) is 112 Å². The monoisotopic (exact) mass is 692 g/mol. The second-order valence-corrected chi connectivity index (χ2v) is 13.9. The Balaban J connectivity index is 1.15. The molecule has 1 heterocycles. The van der Waals surface area contributed by atoms with E-state index in [1.165, 1.54) is 0 Å². The number of furan rings is 1. The van der Waals surface area contributed by atoms with Crippen LogP contribution in [0.15, 0.2) is 198 Å². The van der Waals surface area contributed by atoms with Gasteiger partial charge >= 0.3 is 0 Å². The lowest BCUT2D eigenvalue weighted by Crippen LogP contribution is -1.97. The fourth-order valence-corrected chi connectivity index (χ4v) is 8.51. The van der Waals surface area contributed by atoms with Crippen molar-refractivity contribution in [2.24, 2.45) is 0 Å². The van der Waals surface area contributed by atoms with Crippen LogP contribution in [0.5, 0.6) is 0 Å². The Labute approximate surface area is 321 Å². The van der Waals surface area contributed by atoms with Crippen molar-refractivity contribution in [2.75, 3.05) is 0 Å². The van der Waals surface area contributed by atoms with Crippen LogP contribution < -0.4 is 0 Å². The summed E-state index contributed by atoms with van der Waals surface area (Å²) < 4.78 is 62.2. The zero-order chi connectivity index (χ0) is 40.8. The maximum absolute atomic E-state index is 9.68. The Morgan fingerprint density at radius 1 is 0.407 bits per heavy atom. The van der Waals surface area contributed by atoms with Crippen molar-refractivity contribution in [3.63, 3.8) is 0 Å². The molecule has 11 rings (SSSR count). The van der Waals surface area contributed by atoms with Gasteiger partial charge in [0.05, 0.1) is 8.22 Å². The third-order valence-electron chi connectivity index (χ3n) is 10.9. The van der Waals surface area contributed by atoms with Gasteiger partial charge in [0.1, 0.15) is 11.2 Å². The van der Waals surface area contributed by atoms with Gasteiger partial charge in [-0.25, -0.2) is 0 Å². The molecule has 11 aromatic rings. The lowest BCUT2D eigenvalue weighted by atomic mass is 9.85. The number of rotatable bonds is 5. The summed E-state index contributed by atoms with van der Waals surface area (Å²) in [5, 5.41) is 8.64. The van der Waals surface area contributed by atoms with Crippen LogP contribution in [0, 0.1) is 0 Å². The van der Waals surface area contributed by atoms with Crippen molar-refractivity contribution < 1.29 is 12.6 Å². The van der Waals surface area contributed by atoms with Gasteiger partial charge in [0.15, 0.2) is 0 Å². The summed E-state index contributed by atoms with van der Waals surface area (Å²) in [5.74, 6) is 0. The molecule has 0 amide bonds. The summed E-state index contributed by atoms with van der Waals surface area (Å²) >= 11 is 0. The molecule has 0 radical (unpaired) electrons. The Bertz CT molecular complexity index is 3530. The molecule has 1 aromatic heterocycles. The van der Waals surface area contributed by atoms with Crippen LogP contribution in [-0.2, 0) is 6.42 Å². The number of hydrogen-bond donors (Lipinski definition) is 0. The van der Waals surface area contributed by atoms with Gasteiger partial charge in [0, 0.05) is 10.8 Å². The Hall–Kier alpha value is -6.96. The van der Waals surface area contributed by atoms with Gasteiger partial charge in [0.25, 0.3) is 0 Å². The van der Waals surface area contributed by atoms with Crippen LogP contribution in [0.1, 0.15) is 19.4 Å². The van der Waals surface area contributed by atoms with E-state index in [9.17, 15) is 5.48 Å². The van der Waals surface area contributed by atoms with Gasteiger partial charge in [-0.15, -0.1) is 0 Å². The third-order valence-corrected chi connectivity index (χ3v) is 10.9. The van der Waals surface area contributed by atoms with Gasteiger partial charge < -0.3 is 4.42 Å². The molecule has 0 aliphatic rings. The van der Waals surface area contributed by atoms with E-state index >= 15 is 0 Å². The molecule has 0 spiro atoms. The smallest absolute Gasteiger partial charge is 0.136 e. The zero-order valence-corrected chi connectivity index (χ0v) is 29.1. The van der Waals surface area contributed by atoms with Crippen LogP contribution in [0.2, 0.25) is 0 Å². The zero-order valence-electron chi connectivity index (χ0n) is 35.1. The average Bonchev–Trinajstić information content (AvgIpc) is 3.67. The highest BCUT2D eigenvalue weighted by atomic mass is 16.3. The highest BCUT2D eigenvalue weighted by molar-refractivity contribution is 6.17. The molecule has 0 fully saturated rings. The minimum absolute atomic E-state index is 0.0780. The molecule has 10 aromatic carbocycles. The molecule has 0 aliphatic heterocycles. The molecule has 252 valence electrons. The minimum Gasteiger partial charge on any atom is -0.456 e. The van der Waals surface area contributed by atoms with Gasteiger partial charge in [-0.3, -0.25) is 0 Å². The van der Waals surface area contributed by atoms with Gasteiger partial charge in [-0.1, -0.05) is 176 Å². The quantitative estimate of drug-likeness (QED) is 0.164. The minimum atomic E-state index is -0.385. The highest BCUT2D eigenvalue weighted by Crippen LogP contribution is 2.43. The Kier molecular flexibility index (Phi) is 5.73. The summed E-state index contributed by atoms with van der Waals surface area (Å²) in [7, 11) is 0. The molecule has 0 saturated heterocycles. The average molecular weight is 693 g/mol. The molecule has 0 bridgehead atoms. The summed E-state index contributed by atoms with van der Waals surface area (Å²) in [5.41, 5.74) is 7.73. The van der Waals surface area contributed by atoms with E-state index in [0.717, 1.165) is 70.9 Å². The summed E-state index contributed by atoms with van der Waals surface area (Å²) in [4.78, 5) is 0. The third kappa shape index (κ3) is 4.79. The van der Waals surface area contributed by atoms with Gasteiger partial charge in [-0.2, -0.15) is 0 Å². The van der Waals surface area contributed by atoms with E-state index in [0.29, 0.717) is 22.3 Å². The maximum Gasteiger partial charge on any atom is 0.136 e. The van der Waals surface area contributed by atoms with E-state index in [-0.39, 0.29) is 59.0 Å². The lowest BCUT2D eigenvalue weighted by molar-refractivity contribution is 0.669. The molecule has 54 heavy (non-hydrogen) atoms. The first-order valence-electron chi connectivity index (χ1n) is 21.2. The van der Waals surface area contributed by atoms with Crippen LogP contribution in [0.25, 0.3) is 98.4 Å². The molecular weight excluding hydrogens is 653 g/mol. The molecule has 0 saturated carbocycles. The number of benzene rings is 10. The molecule has 1 nitrogen and oxygen atoms in total. The van der Waals surface area contributed by atoms with Crippen molar-refractivity contribution >= 4 is 65.0 Å². The Morgan fingerprint density at radius 3 is 1.85 bits per heavy atom. The molecular formula is C53H34O. The van der Waals surface area contributed by atoms with Crippen LogP contribution in [0.4, 0.5) is 0 Å². The van der Waals surface area contributed by atoms with E-state index < -0.39 is 0 Å². The van der Waals surface area contributed by atoms with E-state index in [2.05, 4.69) is 72.8 Å². The summed E-state index contributed by atoms with van der Waals surface area (Å²) in [6, 6.07) is 51.6. The van der Waals surface area contributed by atoms with E-state index in [1.54, 1.807) is 0 Å². The fraction of sp³-hybridized carbons (Fsp3) is 0.0189. The molecule has 0 N–H and O–H groups in total. The Morgan fingerprint density at radius 2 is 1.06 bits per heavy atom. The first-order valence-corrected chi connectivity index (χ1v) is 18.2. The van der Waals surface area contributed by atoms with Crippen molar-refractivity contribution in [3.8, 4) is 33.4 Å². The topological polar surface area (TPSA) is 13.1 Å². The molecule has 0 aliphatic carbocycles. The highest BCUT2D eigenvalue weighted by Gasteiger charge is 2.19. The predicted molar refractivity (Wildman–Crippen MR) is 229 cm³/mol. The normalized spacial score (nSPS) is 13.3. The molecule has 0 atom stereocenters. The second-order valence-electron chi connectivity index (χ2n) is 13.9. The second kappa shape index (κ2) is 12.3. The summed E-state index contributed by atoms with van der Waals surface area (Å²) in [6.07, 6.45) is 0.180. The first kappa shape index (κ1) is 25.1. The van der Waals surface area contributed by atoms with Crippen molar-refractivity contribution in [3.05, 3.63) is 205 Å². The number of hydrogen-bond acceptors (Lipinski definition) is 1. The standard InChI is InChI=1S/C53H34O/c1-2-15-35(16-3-1)52-45-23-10-8-21-43(45)49(44-22-9-11-24-46(44)52)32-36-28-30-40(41-20-7-6-19-39(36)41)37-29-31-48-51(33-37)54-50-27-13-26-47(53(48)50)42-25-12-17-34-14-4-5-18-38(34)42/h1-31,33H,32H2/i6D,7D,19D,20D,28D,30D. The van der Waals surface area contributed by atoms with E-state index in [4.69, 9.17) is 7.16 Å². The molecule has 0 unspecified atom stereocenters.